The van der Waals surface area contributed by atoms with Crippen LogP contribution in [0.4, 0.5) is 4.79 Å². The van der Waals surface area contributed by atoms with Gasteiger partial charge in [-0.3, -0.25) is 4.79 Å². The molecule has 4 nitrogen and oxygen atoms in total. The lowest BCUT2D eigenvalue weighted by Gasteiger charge is -2.29. The van der Waals surface area contributed by atoms with Crippen LogP contribution in [0.5, 0.6) is 0 Å². The highest BCUT2D eigenvalue weighted by atomic mass is 35.5. The third-order valence-corrected chi connectivity index (χ3v) is 5.02. The Morgan fingerprint density at radius 1 is 1.33 bits per heavy atom. The highest BCUT2D eigenvalue weighted by molar-refractivity contribution is 6.59. The molecule has 1 saturated heterocycles. The van der Waals surface area contributed by atoms with Crippen molar-refractivity contribution in [1.82, 2.24) is 4.90 Å². The molecule has 0 unspecified atom stereocenters. The summed E-state index contributed by atoms with van der Waals surface area (Å²) in [4.78, 5) is 25.5. The molecule has 2 aliphatic rings. The van der Waals surface area contributed by atoms with Crippen LogP contribution in [0.2, 0.25) is 0 Å². The van der Waals surface area contributed by atoms with Gasteiger partial charge >= 0.3 is 6.09 Å². The number of Topliss-reactive ketones (excluding diaryl/α,β-unsaturated/α-hetero) is 1. The zero-order chi connectivity index (χ0) is 15.0. The molecule has 6 heteroatoms. The van der Waals surface area contributed by atoms with Crippen molar-refractivity contribution in [2.45, 2.75) is 29.8 Å². The number of alkyl halides is 2. The highest BCUT2D eigenvalue weighted by Crippen LogP contribution is 2.48. The Hall–Kier alpha value is -1.26. The van der Waals surface area contributed by atoms with Gasteiger partial charge < -0.3 is 9.64 Å². The number of fused-ring (bicyclic) bond motifs is 1. The lowest BCUT2D eigenvalue weighted by Crippen LogP contribution is -2.47. The molecule has 1 heterocycles. The van der Waals surface area contributed by atoms with Crippen molar-refractivity contribution < 1.29 is 14.3 Å². The number of hydrogen-bond donors (Lipinski definition) is 0. The summed E-state index contributed by atoms with van der Waals surface area (Å²) in [5.74, 6) is -0.168. The molecule has 0 spiro atoms. The molecule has 1 saturated carbocycles. The lowest BCUT2D eigenvalue weighted by atomic mass is 10.0. The van der Waals surface area contributed by atoms with E-state index in [2.05, 4.69) is 0 Å². The number of benzene rings is 1. The van der Waals surface area contributed by atoms with Gasteiger partial charge in [0.05, 0.1) is 6.04 Å². The summed E-state index contributed by atoms with van der Waals surface area (Å²) in [5, 5.41) is 0. The molecule has 112 valence electrons. The fraction of sp³-hybridized carbons (Fsp3) is 0.467. The maximum atomic E-state index is 12.2. The number of carbonyl (C=O) groups excluding carboxylic acids is 2. The first-order valence-corrected chi connectivity index (χ1v) is 7.64. The molecule has 21 heavy (non-hydrogen) atoms. The van der Waals surface area contributed by atoms with E-state index in [0.29, 0.717) is 13.0 Å². The monoisotopic (exact) mass is 327 g/mol. The minimum Gasteiger partial charge on any atom is -0.445 e. The number of amides is 1. The fourth-order valence-electron chi connectivity index (χ4n) is 3.11. The molecule has 1 amide bonds. The molecule has 2 atom stereocenters. The topological polar surface area (TPSA) is 46.6 Å². The number of rotatable bonds is 2. The molecule has 3 rings (SSSR count). The summed E-state index contributed by atoms with van der Waals surface area (Å²) >= 11 is 12.3. The van der Waals surface area contributed by atoms with E-state index in [1.54, 1.807) is 0 Å². The molecule has 1 aromatic rings. The quantitative estimate of drug-likeness (QED) is 0.784. The number of likely N-dealkylation sites (tertiary alicyclic amines) is 1. The van der Waals surface area contributed by atoms with Gasteiger partial charge in [-0.05, 0) is 17.9 Å². The molecule has 1 aliphatic carbocycles. The van der Waals surface area contributed by atoms with E-state index in [1.807, 2.05) is 30.3 Å². The van der Waals surface area contributed by atoms with E-state index >= 15 is 0 Å². The van der Waals surface area contributed by atoms with Crippen LogP contribution in [0.1, 0.15) is 18.4 Å². The van der Waals surface area contributed by atoms with Crippen LogP contribution in [-0.2, 0) is 16.1 Å². The van der Waals surface area contributed by atoms with Gasteiger partial charge in [0.25, 0.3) is 0 Å². The smallest absolute Gasteiger partial charge is 0.410 e. The molecule has 1 aliphatic heterocycles. The third kappa shape index (κ3) is 2.62. The van der Waals surface area contributed by atoms with Crippen LogP contribution >= 0.6 is 23.2 Å². The summed E-state index contributed by atoms with van der Waals surface area (Å²) in [6, 6.07) is 8.95. The second kappa shape index (κ2) is 5.50. The number of hydrogen-bond acceptors (Lipinski definition) is 3. The molecule has 0 radical (unpaired) electrons. The van der Waals surface area contributed by atoms with E-state index in [1.165, 1.54) is 4.90 Å². The van der Waals surface area contributed by atoms with Crippen molar-refractivity contribution in [3.8, 4) is 0 Å². The molecule has 1 aromatic carbocycles. The van der Waals surface area contributed by atoms with Crippen LogP contribution in [0.3, 0.4) is 0 Å². The molecule has 2 fully saturated rings. The summed E-state index contributed by atoms with van der Waals surface area (Å²) in [5.41, 5.74) is 0.909. The van der Waals surface area contributed by atoms with E-state index in [-0.39, 0.29) is 18.3 Å². The van der Waals surface area contributed by atoms with Gasteiger partial charge in [0.2, 0.25) is 0 Å². The van der Waals surface area contributed by atoms with Crippen LogP contribution in [0.15, 0.2) is 30.3 Å². The largest absolute Gasteiger partial charge is 0.445 e. The van der Waals surface area contributed by atoms with E-state index < -0.39 is 16.5 Å². The first-order valence-electron chi connectivity index (χ1n) is 6.88. The summed E-state index contributed by atoms with van der Waals surface area (Å²) < 4.78 is 3.80. The van der Waals surface area contributed by atoms with Crippen molar-refractivity contribution >= 4 is 35.1 Å². The normalized spacial score (nSPS) is 26.8. The van der Waals surface area contributed by atoms with Crippen molar-refractivity contribution in [1.29, 1.82) is 0 Å². The van der Waals surface area contributed by atoms with E-state index in [9.17, 15) is 9.59 Å². The van der Waals surface area contributed by atoms with Gasteiger partial charge in [0.15, 0.2) is 10.1 Å². The van der Waals surface area contributed by atoms with Crippen molar-refractivity contribution in [2.75, 3.05) is 6.54 Å². The number of halogens is 2. The fourth-order valence-corrected chi connectivity index (χ4v) is 3.85. The SMILES string of the molecule is O=C(OCc1ccccc1)N1CC[C@H]2CC(=O)C(Cl)(Cl)[C@H]21. The standard InChI is InChI=1S/C15H15Cl2NO3/c16-15(17)12(19)8-11-6-7-18(13(11)15)14(20)21-9-10-4-2-1-3-5-10/h1-5,11,13H,6-9H2/t11-,13-/m0/s1. The summed E-state index contributed by atoms with van der Waals surface area (Å²) in [6.07, 6.45) is 0.602. The minimum absolute atomic E-state index is 0.0387. The summed E-state index contributed by atoms with van der Waals surface area (Å²) in [7, 11) is 0. The molecule has 0 bridgehead atoms. The van der Waals surface area contributed by atoms with Crippen LogP contribution in [0.25, 0.3) is 0 Å². The minimum atomic E-state index is -1.51. The van der Waals surface area contributed by atoms with Crippen LogP contribution < -0.4 is 0 Å². The predicted molar refractivity (Wildman–Crippen MR) is 79.3 cm³/mol. The van der Waals surface area contributed by atoms with E-state index in [4.69, 9.17) is 27.9 Å². The maximum Gasteiger partial charge on any atom is 0.410 e. The van der Waals surface area contributed by atoms with Gasteiger partial charge in [-0.25, -0.2) is 4.79 Å². The van der Waals surface area contributed by atoms with Crippen molar-refractivity contribution in [3.05, 3.63) is 35.9 Å². The first kappa shape index (κ1) is 14.7. The Labute approximate surface area is 133 Å². The first-order chi connectivity index (χ1) is 10.00. The zero-order valence-corrected chi connectivity index (χ0v) is 12.8. The average Bonchev–Trinajstić information content (AvgIpc) is 2.98. The number of ketones is 1. The molecular formula is C15H15Cl2NO3. The zero-order valence-electron chi connectivity index (χ0n) is 11.3. The van der Waals surface area contributed by atoms with Gasteiger partial charge in [-0.15, -0.1) is 0 Å². The average molecular weight is 328 g/mol. The Morgan fingerprint density at radius 2 is 2.05 bits per heavy atom. The van der Waals surface area contributed by atoms with Gasteiger partial charge in [-0.1, -0.05) is 53.5 Å². The van der Waals surface area contributed by atoms with Gasteiger partial charge in [0, 0.05) is 13.0 Å². The Bertz CT molecular complexity index is 561. The van der Waals surface area contributed by atoms with E-state index in [0.717, 1.165) is 12.0 Å². The number of carbonyl (C=O) groups is 2. The molecule has 0 N–H and O–H groups in total. The Morgan fingerprint density at radius 3 is 2.76 bits per heavy atom. The predicted octanol–water partition coefficient (Wildman–Crippen LogP) is 3.16. The van der Waals surface area contributed by atoms with Crippen molar-refractivity contribution in [3.63, 3.8) is 0 Å². The van der Waals surface area contributed by atoms with Crippen LogP contribution in [0, 0.1) is 5.92 Å². The van der Waals surface area contributed by atoms with Gasteiger partial charge in [0.1, 0.15) is 6.61 Å². The second-order valence-electron chi connectivity index (χ2n) is 5.48. The lowest BCUT2D eigenvalue weighted by molar-refractivity contribution is -0.118. The highest BCUT2D eigenvalue weighted by Gasteiger charge is 2.59. The maximum absolute atomic E-state index is 12.2. The third-order valence-electron chi connectivity index (χ3n) is 4.15. The Balaban J connectivity index is 1.67. The molecule has 0 aromatic heterocycles. The number of ether oxygens (including phenoxy) is 1. The van der Waals surface area contributed by atoms with Crippen LogP contribution in [-0.4, -0.2) is 33.7 Å². The summed E-state index contributed by atoms with van der Waals surface area (Å²) in [6.45, 7) is 0.719. The second-order valence-corrected chi connectivity index (χ2v) is 6.86. The Kier molecular flexibility index (Phi) is 3.84. The molecular weight excluding hydrogens is 313 g/mol. The van der Waals surface area contributed by atoms with Crippen molar-refractivity contribution in [2.24, 2.45) is 5.92 Å². The van der Waals surface area contributed by atoms with Gasteiger partial charge in [-0.2, -0.15) is 0 Å². The number of nitrogens with zero attached hydrogens (tertiary/aromatic N) is 1.